The molecule has 0 heterocycles. The van der Waals surface area contributed by atoms with Crippen LogP contribution in [0.25, 0.3) is 0 Å². The average molecular weight is 422 g/mol. The molecule has 0 fully saturated rings. The Morgan fingerprint density at radius 3 is 2.07 bits per heavy atom. The SMILES string of the molecule is CCC(C)C(C)(CC(C)(C)C)C(=O)NCCC[N+](C)(C)CCCCS(=O)(=O)O. The minimum atomic E-state index is -3.86. The summed E-state index contributed by atoms with van der Waals surface area (Å²) in [6, 6.07) is 0. The maximum absolute atomic E-state index is 13.0. The first kappa shape index (κ1) is 27.3. The van der Waals surface area contributed by atoms with Crippen LogP contribution in [0.15, 0.2) is 0 Å². The number of amides is 1. The van der Waals surface area contributed by atoms with Crippen LogP contribution in [-0.4, -0.2) is 62.8 Å². The normalized spacial score (nSPS) is 16.5. The molecule has 0 radical (unpaired) electrons. The Balaban J connectivity index is 4.49. The van der Waals surface area contributed by atoms with Crippen molar-refractivity contribution in [1.82, 2.24) is 5.32 Å². The molecule has 0 saturated heterocycles. The minimum Gasteiger partial charge on any atom is -0.355 e. The molecule has 2 N–H and O–H groups in total. The van der Waals surface area contributed by atoms with Gasteiger partial charge in [-0.3, -0.25) is 9.35 Å². The van der Waals surface area contributed by atoms with Crippen LogP contribution in [0.3, 0.4) is 0 Å². The lowest BCUT2D eigenvalue weighted by molar-refractivity contribution is -0.890. The number of hydrogen-bond acceptors (Lipinski definition) is 3. The predicted molar refractivity (Wildman–Crippen MR) is 117 cm³/mol. The van der Waals surface area contributed by atoms with Crippen LogP contribution < -0.4 is 5.32 Å². The molecule has 0 aliphatic carbocycles. The van der Waals surface area contributed by atoms with E-state index in [1.54, 1.807) is 0 Å². The fraction of sp³-hybridized carbons (Fsp3) is 0.952. The topological polar surface area (TPSA) is 83.5 Å². The Hall–Kier alpha value is -0.660. The maximum atomic E-state index is 13.0. The predicted octanol–water partition coefficient (Wildman–Crippen LogP) is 3.73. The summed E-state index contributed by atoms with van der Waals surface area (Å²) in [7, 11) is 0.355. The summed E-state index contributed by atoms with van der Waals surface area (Å²) in [5.41, 5.74) is -0.274. The van der Waals surface area contributed by atoms with Crippen LogP contribution in [0, 0.1) is 16.7 Å². The lowest BCUT2D eigenvalue weighted by Gasteiger charge is -2.39. The third-order valence-electron chi connectivity index (χ3n) is 5.76. The van der Waals surface area contributed by atoms with Crippen molar-refractivity contribution in [2.75, 3.05) is 39.5 Å². The molecule has 0 spiro atoms. The number of quaternary nitrogens is 1. The molecule has 168 valence electrons. The molecule has 0 aliphatic heterocycles. The summed E-state index contributed by atoms with van der Waals surface area (Å²) in [6.07, 6.45) is 3.93. The van der Waals surface area contributed by atoms with E-state index in [1.165, 1.54) is 0 Å². The number of carbonyl (C=O) groups is 1. The van der Waals surface area contributed by atoms with Crippen molar-refractivity contribution in [2.24, 2.45) is 16.7 Å². The third kappa shape index (κ3) is 11.4. The van der Waals surface area contributed by atoms with Crippen LogP contribution in [0.4, 0.5) is 0 Å². The molecule has 0 saturated carbocycles. The van der Waals surface area contributed by atoms with Crippen LogP contribution in [0.1, 0.15) is 73.6 Å². The highest BCUT2D eigenvalue weighted by Gasteiger charge is 2.40. The minimum absolute atomic E-state index is 0.0937. The van der Waals surface area contributed by atoms with Gasteiger partial charge in [0.1, 0.15) is 0 Å². The Kier molecular flexibility index (Phi) is 10.7. The quantitative estimate of drug-likeness (QED) is 0.270. The molecule has 0 aromatic rings. The van der Waals surface area contributed by atoms with Gasteiger partial charge in [0.2, 0.25) is 5.91 Å². The molecule has 0 aliphatic rings. The standard InChI is InChI=1S/C21H44N2O4S/c1-9-18(2)21(6,17-20(3,4)5)19(24)22-13-12-15-23(7,8)14-10-11-16-28(25,26)27/h18H,9-17H2,1-8H3,(H-,22,24,25,26,27)/p+1. The van der Waals surface area contributed by atoms with Gasteiger partial charge in [-0.2, -0.15) is 8.42 Å². The molecular formula is C21H45N2O4S+. The van der Waals surface area contributed by atoms with Gasteiger partial charge >= 0.3 is 0 Å². The zero-order valence-electron chi connectivity index (χ0n) is 19.5. The van der Waals surface area contributed by atoms with Gasteiger partial charge in [0.25, 0.3) is 10.1 Å². The summed E-state index contributed by atoms with van der Waals surface area (Å²) >= 11 is 0. The van der Waals surface area contributed by atoms with E-state index < -0.39 is 10.1 Å². The molecule has 0 aromatic heterocycles. The molecule has 0 rings (SSSR count). The van der Waals surface area contributed by atoms with E-state index in [0.29, 0.717) is 18.9 Å². The largest absolute Gasteiger partial charge is 0.355 e. The van der Waals surface area contributed by atoms with Crippen molar-refractivity contribution >= 4 is 16.0 Å². The van der Waals surface area contributed by atoms with Gasteiger partial charge in [-0.25, -0.2) is 0 Å². The number of unbranched alkanes of at least 4 members (excludes halogenated alkanes) is 1. The van der Waals surface area contributed by atoms with E-state index in [4.69, 9.17) is 4.55 Å². The molecule has 1 amide bonds. The fourth-order valence-electron chi connectivity index (χ4n) is 3.88. The monoisotopic (exact) mass is 421 g/mol. The van der Waals surface area contributed by atoms with Crippen molar-refractivity contribution in [1.29, 1.82) is 0 Å². The number of nitrogens with one attached hydrogen (secondary N) is 1. The first-order valence-corrected chi connectivity index (χ1v) is 12.2. The van der Waals surface area contributed by atoms with Gasteiger partial charge in [-0.15, -0.1) is 0 Å². The van der Waals surface area contributed by atoms with Crippen molar-refractivity contribution in [2.45, 2.75) is 73.6 Å². The Morgan fingerprint density at radius 2 is 1.61 bits per heavy atom. The maximum Gasteiger partial charge on any atom is 0.264 e. The highest BCUT2D eigenvalue weighted by Crippen LogP contribution is 2.41. The van der Waals surface area contributed by atoms with Crippen molar-refractivity contribution in [3.8, 4) is 0 Å². The van der Waals surface area contributed by atoms with Crippen molar-refractivity contribution < 1.29 is 22.2 Å². The van der Waals surface area contributed by atoms with Gasteiger partial charge in [-0.1, -0.05) is 48.0 Å². The molecular weight excluding hydrogens is 376 g/mol. The van der Waals surface area contributed by atoms with Gasteiger partial charge in [0.05, 0.1) is 32.9 Å². The van der Waals surface area contributed by atoms with E-state index in [-0.39, 0.29) is 22.5 Å². The second kappa shape index (κ2) is 10.9. The summed E-state index contributed by atoms with van der Waals surface area (Å²) < 4.78 is 31.1. The first-order valence-electron chi connectivity index (χ1n) is 10.6. The van der Waals surface area contributed by atoms with Crippen LogP contribution in [0.2, 0.25) is 0 Å². The fourth-order valence-corrected chi connectivity index (χ4v) is 4.45. The molecule has 0 bridgehead atoms. The zero-order valence-corrected chi connectivity index (χ0v) is 20.3. The molecule has 2 unspecified atom stereocenters. The summed E-state index contributed by atoms with van der Waals surface area (Å²) in [5.74, 6) is 0.294. The lowest BCUT2D eigenvalue weighted by Crippen LogP contribution is -2.47. The number of hydrogen-bond donors (Lipinski definition) is 2. The van der Waals surface area contributed by atoms with Gasteiger partial charge in [0, 0.05) is 18.4 Å². The number of rotatable bonds is 13. The summed E-state index contributed by atoms with van der Waals surface area (Å²) in [4.78, 5) is 13.0. The number of carbonyl (C=O) groups excluding carboxylic acids is 1. The first-order chi connectivity index (χ1) is 12.5. The van der Waals surface area contributed by atoms with Crippen molar-refractivity contribution in [3.05, 3.63) is 0 Å². The second-order valence-electron chi connectivity index (χ2n) is 10.4. The molecule has 28 heavy (non-hydrogen) atoms. The van der Waals surface area contributed by atoms with Crippen molar-refractivity contribution in [3.63, 3.8) is 0 Å². The van der Waals surface area contributed by atoms with Gasteiger partial charge in [0.15, 0.2) is 0 Å². The zero-order chi connectivity index (χ0) is 22.2. The van der Waals surface area contributed by atoms with Crippen LogP contribution >= 0.6 is 0 Å². The van der Waals surface area contributed by atoms with E-state index in [9.17, 15) is 13.2 Å². The number of nitrogens with zero attached hydrogens (tertiary/aromatic N) is 1. The lowest BCUT2D eigenvalue weighted by atomic mass is 9.67. The third-order valence-corrected chi connectivity index (χ3v) is 6.56. The summed E-state index contributed by atoms with van der Waals surface area (Å²) in [5, 5.41) is 3.16. The summed E-state index contributed by atoms with van der Waals surface area (Å²) in [6.45, 7) is 15.4. The van der Waals surface area contributed by atoms with Gasteiger partial charge in [-0.05, 0) is 30.6 Å². The van der Waals surface area contributed by atoms with Crippen LogP contribution in [0.5, 0.6) is 0 Å². The van der Waals surface area contributed by atoms with E-state index in [0.717, 1.165) is 43.3 Å². The highest BCUT2D eigenvalue weighted by atomic mass is 32.2. The average Bonchev–Trinajstić information content (AvgIpc) is 2.52. The van der Waals surface area contributed by atoms with E-state index in [1.807, 2.05) is 0 Å². The second-order valence-corrected chi connectivity index (χ2v) is 12.0. The van der Waals surface area contributed by atoms with Crippen LogP contribution in [-0.2, 0) is 14.9 Å². The Bertz CT molecular complexity index is 582. The molecule has 7 heteroatoms. The van der Waals surface area contributed by atoms with E-state index in [2.05, 4.69) is 61.0 Å². The highest BCUT2D eigenvalue weighted by molar-refractivity contribution is 7.85. The van der Waals surface area contributed by atoms with E-state index >= 15 is 0 Å². The Morgan fingerprint density at radius 1 is 1.07 bits per heavy atom. The molecule has 6 nitrogen and oxygen atoms in total. The molecule has 0 aromatic carbocycles. The Labute approximate surface area is 173 Å². The smallest absolute Gasteiger partial charge is 0.264 e. The molecule has 2 atom stereocenters. The van der Waals surface area contributed by atoms with Gasteiger partial charge < -0.3 is 9.80 Å².